The van der Waals surface area contributed by atoms with Gasteiger partial charge < -0.3 is 9.64 Å². The van der Waals surface area contributed by atoms with Crippen LogP contribution in [0.3, 0.4) is 0 Å². The summed E-state index contributed by atoms with van der Waals surface area (Å²) in [5.74, 6) is 0.455. The molecule has 2 aromatic rings. The topological polar surface area (TPSA) is 67.2 Å². The van der Waals surface area contributed by atoms with Crippen LogP contribution >= 0.6 is 24.0 Å². The summed E-state index contributed by atoms with van der Waals surface area (Å²) in [7, 11) is 1.59. The van der Waals surface area contributed by atoms with Gasteiger partial charge in [0.15, 0.2) is 0 Å². The van der Waals surface area contributed by atoms with E-state index in [2.05, 4.69) is 4.90 Å². The molecule has 4 heterocycles. The minimum atomic E-state index is -0.194. The van der Waals surface area contributed by atoms with Gasteiger partial charge in [-0.05, 0) is 43.9 Å². The Morgan fingerprint density at radius 3 is 2.77 bits per heavy atom. The number of carbonyl (C=O) groups excluding carboxylic acids is 1. The lowest BCUT2D eigenvalue weighted by Gasteiger charge is -2.29. The van der Waals surface area contributed by atoms with Gasteiger partial charge in [0.05, 0.1) is 23.6 Å². The second-order valence-corrected chi connectivity index (χ2v) is 9.09. The quantitative estimate of drug-likeness (QED) is 0.519. The van der Waals surface area contributed by atoms with E-state index in [9.17, 15) is 9.59 Å². The molecule has 0 N–H and O–H groups in total. The highest BCUT2D eigenvalue weighted by atomic mass is 32.2. The zero-order chi connectivity index (χ0) is 21.3. The lowest BCUT2D eigenvalue weighted by Crippen LogP contribution is -2.34. The molecule has 2 aliphatic rings. The molecule has 0 radical (unpaired) electrons. The molecule has 0 bridgehead atoms. The Bertz CT molecular complexity index is 1090. The van der Waals surface area contributed by atoms with Gasteiger partial charge in [-0.25, -0.2) is 4.98 Å². The SMILES string of the molecule is COCCN1C(=O)/C(=C\c2c(N3CCCCC3)nc3c(C)cccn3c2=O)SC1=S. The van der Waals surface area contributed by atoms with Crippen LogP contribution in [-0.2, 0) is 9.53 Å². The Morgan fingerprint density at radius 2 is 2.03 bits per heavy atom. The molecular formula is C21H24N4O3S2. The van der Waals surface area contributed by atoms with Gasteiger partial charge in [-0.15, -0.1) is 0 Å². The van der Waals surface area contributed by atoms with Crippen molar-refractivity contribution >= 4 is 51.7 Å². The Balaban J connectivity index is 1.84. The van der Waals surface area contributed by atoms with Crippen LogP contribution in [-0.4, -0.2) is 57.9 Å². The Morgan fingerprint density at radius 1 is 1.27 bits per heavy atom. The smallest absolute Gasteiger partial charge is 0.267 e. The number of rotatable bonds is 5. The van der Waals surface area contributed by atoms with Gasteiger partial charge in [-0.3, -0.25) is 18.9 Å². The lowest BCUT2D eigenvalue weighted by atomic mass is 10.1. The fraction of sp³-hybridized carbons (Fsp3) is 0.429. The summed E-state index contributed by atoms with van der Waals surface area (Å²) >= 11 is 6.59. The van der Waals surface area contributed by atoms with Crippen LogP contribution in [0.5, 0.6) is 0 Å². The van der Waals surface area contributed by atoms with E-state index >= 15 is 0 Å². The molecule has 0 spiro atoms. The van der Waals surface area contributed by atoms with Gasteiger partial charge in [0.1, 0.15) is 15.8 Å². The van der Waals surface area contributed by atoms with E-state index in [1.54, 1.807) is 23.8 Å². The van der Waals surface area contributed by atoms with Gasteiger partial charge >= 0.3 is 0 Å². The highest BCUT2D eigenvalue weighted by Gasteiger charge is 2.32. The number of thioether (sulfide) groups is 1. The monoisotopic (exact) mass is 444 g/mol. The van der Waals surface area contributed by atoms with Crippen molar-refractivity contribution in [2.24, 2.45) is 0 Å². The van der Waals surface area contributed by atoms with Crippen LogP contribution in [0, 0.1) is 6.92 Å². The number of anilines is 1. The fourth-order valence-corrected chi connectivity index (χ4v) is 5.07. The number of piperidine rings is 1. The van der Waals surface area contributed by atoms with Crippen molar-refractivity contribution in [3.05, 3.63) is 44.7 Å². The first-order valence-electron chi connectivity index (χ1n) is 10.0. The summed E-state index contributed by atoms with van der Waals surface area (Å²) in [6, 6.07) is 3.78. The molecule has 0 saturated carbocycles. The second-order valence-electron chi connectivity index (χ2n) is 7.41. The number of methoxy groups -OCH3 is 1. The number of pyridine rings is 1. The van der Waals surface area contributed by atoms with Crippen molar-refractivity contribution in [1.29, 1.82) is 0 Å². The Kier molecular flexibility index (Phi) is 6.21. The molecule has 2 aromatic heterocycles. The van der Waals surface area contributed by atoms with Crippen LogP contribution in [0.1, 0.15) is 30.4 Å². The second kappa shape index (κ2) is 8.87. The number of nitrogens with zero attached hydrogens (tertiary/aromatic N) is 4. The van der Waals surface area contributed by atoms with E-state index in [-0.39, 0.29) is 11.5 Å². The van der Waals surface area contributed by atoms with Crippen LogP contribution in [0.25, 0.3) is 11.7 Å². The normalized spacial score (nSPS) is 18.8. The third kappa shape index (κ3) is 3.89. The van der Waals surface area contributed by atoms with E-state index in [4.69, 9.17) is 21.9 Å². The largest absolute Gasteiger partial charge is 0.383 e. The van der Waals surface area contributed by atoms with Crippen LogP contribution in [0.15, 0.2) is 28.0 Å². The van der Waals surface area contributed by atoms with Crippen molar-refractivity contribution in [3.8, 4) is 0 Å². The van der Waals surface area contributed by atoms with Gasteiger partial charge in [-0.1, -0.05) is 30.0 Å². The van der Waals surface area contributed by atoms with Crippen LogP contribution in [0.4, 0.5) is 5.82 Å². The fourth-order valence-electron chi connectivity index (χ4n) is 3.78. The van der Waals surface area contributed by atoms with Crippen molar-refractivity contribution in [1.82, 2.24) is 14.3 Å². The Hall–Kier alpha value is -2.23. The first-order chi connectivity index (χ1) is 14.5. The van der Waals surface area contributed by atoms with E-state index in [1.807, 2.05) is 19.1 Å². The van der Waals surface area contributed by atoms with Crippen molar-refractivity contribution < 1.29 is 9.53 Å². The molecule has 0 atom stereocenters. The lowest BCUT2D eigenvalue weighted by molar-refractivity contribution is -0.122. The molecule has 158 valence electrons. The number of aromatic nitrogens is 2. The van der Waals surface area contributed by atoms with Gasteiger partial charge in [0.25, 0.3) is 11.5 Å². The number of hydrogen-bond acceptors (Lipinski definition) is 7. The maximum absolute atomic E-state index is 13.4. The summed E-state index contributed by atoms with van der Waals surface area (Å²) in [6.45, 7) is 4.44. The molecular weight excluding hydrogens is 420 g/mol. The number of fused-ring (bicyclic) bond motifs is 1. The minimum absolute atomic E-state index is 0.175. The highest BCUT2D eigenvalue weighted by Crippen LogP contribution is 2.33. The maximum atomic E-state index is 13.4. The predicted molar refractivity (Wildman–Crippen MR) is 124 cm³/mol. The summed E-state index contributed by atoms with van der Waals surface area (Å²) in [4.78, 5) is 35.3. The number of ether oxygens (including phenoxy) is 1. The van der Waals surface area contributed by atoms with E-state index in [0.29, 0.717) is 39.4 Å². The number of aryl methyl sites for hydroxylation is 1. The third-order valence-corrected chi connectivity index (χ3v) is 6.77. The van der Waals surface area contributed by atoms with Gasteiger partial charge in [0.2, 0.25) is 0 Å². The maximum Gasteiger partial charge on any atom is 0.267 e. The number of amides is 1. The summed E-state index contributed by atoms with van der Waals surface area (Å²) < 4.78 is 7.11. The van der Waals surface area contributed by atoms with Gasteiger partial charge in [-0.2, -0.15) is 0 Å². The van der Waals surface area contributed by atoms with Crippen molar-refractivity contribution in [2.75, 3.05) is 38.3 Å². The molecule has 9 heteroatoms. The number of thiocarbonyl (C=S) groups is 1. The van der Waals surface area contributed by atoms with Crippen LogP contribution < -0.4 is 10.5 Å². The molecule has 0 aliphatic carbocycles. The molecule has 2 aliphatic heterocycles. The van der Waals surface area contributed by atoms with E-state index < -0.39 is 0 Å². The average Bonchev–Trinajstić information content (AvgIpc) is 3.02. The standard InChI is InChI=1S/C21H24N4O3S2/c1-14-7-6-10-24-17(14)22-18(23-8-4-3-5-9-23)15(19(24)26)13-16-20(27)25(11-12-28-2)21(29)30-16/h6-7,10,13H,3-5,8-9,11-12H2,1-2H3/b16-13+. The average molecular weight is 445 g/mol. The molecule has 0 aromatic carbocycles. The van der Waals surface area contributed by atoms with Crippen molar-refractivity contribution in [2.45, 2.75) is 26.2 Å². The summed E-state index contributed by atoms with van der Waals surface area (Å²) in [6.07, 6.45) is 6.69. The minimum Gasteiger partial charge on any atom is -0.383 e. The summed E-state index contributed by atoms with van der Waals surface area (Å²) in [5.41, 5.74) is 1.84. The number of hydrogen-bond donors (Lipinski definition) is 0. The molecule has 7 nitrogen and oxygen atoms in total. The highest BCUT2D eigenvalue weighted by molar-refractivity contribution is 8.26. The van der Waals surface area contributed by atoms with Crippen LogP contribution in [0.2, 0.25) is 0 Å². The van der Waals surface area contributed by atoms with E-state index in [1.165, 1.54) is 23.1 Å². The molecule has 0 unspecified atom stereocenters. The zero-order valence-corrected chi connectivity index (χ0v) is 18.7. The van der Waals surface area contributed by atoms with E-state index in [0.717, 1.165) is 31.5 Å². The number of carbonyl (C=O) groups is 1. The molecule has 30 heavy (non-hydrogen) atoms. The van der Waals surface area contributed by atoms with Gasteiger partial charge in [0, 0.05) is 26.4 Å². The first-order valence-corrected chi connectivity index (χ1v) is 11.2. The first kappa shape index (κ1) is 21.0. The zero-order valence-electron chi connectivity index (χ0n) is 17.1. The molecule has 4 rings (SSSR count). The molecule has 2 saturated heterocycles. The van der Waals surface area contributed by atoms with Crippen molar-refractivity contribution in [3.63, 3.8) is 0 Å². The Labute approximate surface area is 184 Å². The third-order valence-electron chi connectivity index (χ3n) is 5.39. The summed E-state index contributed by atoms with van der Waals surface area (Å²) in [5, 5.41) is 0. The molecule has 1 amide bonds. The predicted octanol–water partition coefficient (Wildman–Crippen LogP) is 2.84. The molecule has 2 fully saturated rings.